The third kappa shape index (κ3) is 2.78. The first-order valence-corrected chi connectivity index (χ1v) is 7.80. The SMILES string of the molecule is O=C(/C=C/c1cc(Cl)c2c(c1)OCO2)c1ccc2c(c1)OCCO2. The lowest BCUT2D eigenvalue weighted by molar-refractivity contribution is 0.104. The van der Waals surface area contributed by atoms with Crippen LogP contribution in [0.5, 0.6) is 23.0 Å². The molecule has 0 aliphatic carbocycles. The van der Waals surface area contributed by atoms with Gasteiger partial charge in [-0.3, -0.25) is 4.79 Å². The Morgan fingerprint density at radius 1 is 0.958 bits per heavy atom. The molecule has 2 aliphatic rings. The van der Waals surface area contributed by atoms with Gasteiger partial charge in [0, 0.05) is 5.56 Å². The van der Waals surface area contributed by atoms with Crippen LogP contribution in [-0.2, 0) is 0 Å². The van der Waals surface area contributed by atoms with Gasteiger partial charge in [-0.2, -0.15) is 0 Å². The summed E-state index contributed by atoms with van der Waals surface area (Å²) in [7, 11) is 0. The van der Waals surface area contributed by atoms with E-state index < -0.39 is 0 Å². The maximum Gasteiger partial charge on any atom is 0.231 e. The number of carbonyl (C=O) groups excluding carboxylic acids is 1. The van der Waals surface area contributed by atoms with E-state index in [0.717, 1.165) is 5.56 Å². The van der Waals surface area contributed by atoms with Crippen LogP contribution in [-0.4, -0.2) is 25.8 Å². The van der Waals surface area contributed by atoms with E-state index in [1.807, 2.05) is 0 Å². The summed E-state index contributed by atoms with van der Waals surface area (Å²) >= 11 is 6.13. The van der Waals surface area contributed by atoms with E-state index in [4.69, 9.17) is 30.5 Å². The molecule has 2 aliphatic heterocycles. The normalized spacial score (nSPS) is 14.9. The van der Waals surface area contributed by atoms with Gasteiger partial charge in [-0.25, -0.2) is 0 Å². The number of hydrogen-bond acceptors (Lipinski definition) is 5. The summed E-state index contributed by atoms with van der Waals surface area (Å²) in [5.74, 6) is 2.22. The van der Waals surface area contributed by atoms with E-state index >= 15 is 0 Å². The van der Waals surface area contributed by atoms with Gasteiger partial charge in [0.15, 0.2) is 28.8 Å². The monoisotopic (exact) mass is 344 g/mol. The maximum absolute atomic E-state index is 12.4. The number of fused-ring (bicyclic) bond motifs is 2. The van der Waals surface area contributed by atoms with Crippen LogP contribution >= 0.6 is 11.6 Å². The molecule has 0 saturated carbocycles. The molecule has 0 saturated heterocycles. The van der Waals surface area contributed by atoms with Gasteiger partial charge in [-0.1, -0.05) is 17.7 Å². The topological polar surface area (TPSA) is 54.0 Å². The highest BCUT2D eigenvalue weighted by Gasteiger charge is 2.18. The zero-order valence-corrected chi connectivity index (χ0v) is 13.3. The first-order chi connectivity index (χ1) is 11.7. The summed E-state index contributed by atoms with van der Waals surface area (Å²) in [4.78, 5) is 12.4. The number of ether oxygens (including phenoxy) is 4. The van der Waals surface area contributed by atoms with Crippen LogP contribution in [0, 0.1) is 0 Å². The van der Waals surface area contributed by atoms with E-state index in [0.29, 0.717) is 46.8 Å². The van der Waals surface area contributed by atoms with Crippen molar-refractivity contribution in [2.24, 2.45) is 0 Å². The molecular formula is C18H13ClO5. The average Bonchev–Trinajstić information content (AvgIpc) is 3.08. The first kappa shape index (κ1) is 14.9. The van der Waals surface area contributed by atoms with Crippen molar-refractivity contribution in [2.45, 2.75) is 0 Å². The Balaban J connectivity index is 1.56. The summed E-state index contributed by atoms with van der Waals surface area (Å²) in [5.41, 5.74) is 1.29. The van der Waals surface area contributed by atoms with E-state index in [1.54, 1.807) is 36.4 Å². The smallest absolute Gasteiger partial charge is 0.231 e. The standard InChI is InChI=1S/C18H13ClO5/c19-13-7-11(8-17-18(13)24-10-23-17)1-3-14(20)12-2-4-15-16(9-12)22-6-5-21-15/h1-4,7-9H,5-6,10H2/b3-1+. The van der Waals surface area contributed by atoms with Crippen LogP contribution in [0.2, 0.25) is 5.02 Å². The molecule has 6 heteroatoms. The summed E-state index contributed by atoms with van der Waals surface area (Å²) in [6.45, 7) is 1.15. The molecule has 5 nitrogen and oxygen atoms in total. The molecule has 0 amide bonds. The van der Waals surface area contributed by atoms with Gasteiger partial charge in [0.25, 0.3) is 0 Å². The van der Waals surface area contributed by atoms with E-state index in [1.165, 1.54) is 6.08 Å². The minimum absolute atomic E-state index is 0.138. The Hall–Kier alpha value is -2.66. The van der Waals surface area contributed by atoms with Crippen LogP contribution in [0.25, 0.3) is 6.08 Å². The van der Waals surface area contributed by atoms with Crippen molar-refractivity contribution >= 4 is 23.5 Å². The summed E-state index contributed by atoms with van der Waals surface area (Å²) in [6, 6.07) is 8.65. The summed E-state index contributed by atoms with van der Waals surface area (Å²) in [6.07, 6.45) is 3.17. The maximum atomic E-state index is 12.4. The second kappa shape index (κ2) is 6.09. The van der Waals surface area contributed by atoms with Crippen molar-refractivity contribution < 1.29 is 23.7 Å². The number of carbonyl (C=O) groups is 1. The Morgan fingerprint density at radius 2 is 1.79 bits per heavy atom. The van der Waals surface area contributed by atoms with Crippen molar-refractivity contribution in [3.05, 3.63) is 52.6 Å². The fraction of sp³-hybridized carbons (Fsp3) is 0.167. The number of halogens is 1. The lowest BCUT2D eigenvalue weighted by Gasteiger charge is -2.18. The molecule has 0 atom stereocenters. The molecule has 4 rings (SSSR count). The Morgan fingerprint density at radius 3 is 2.67 bits per heavy atom. The van der Waals surface area contributed by atoms with Gasteiger partial charge in [-0.05, 0) is 42.0 Å². The summed E-state index contributed by atoms with van der Waals surface area (Å²) in [5, 5.41) is 0.455. The zero-order valence-electron chi connectivity index (χ0n) is 12.6. The number of ketones is 1. The third-order valence-electron chi connectivity index (χ3n) is 3.70. The average molecular weight is 345 g/mol. The molecule has 0 N–H and O–H groups in total. The second-order valence-electron chi connectivity index (χ2n) is 5.29. The van der Waals surface area contributed by atoms with Crippen molar-refractivity contribution in [3.8, 4) is 23.0 Å². The molecule has 2 aromatic rings. The lowest BCUT2D eigenvalue weighted by Crippen LogP contribution is -2.15. The Bertz CT molecular complexity index is 844. The highest BCUT2D eigenvalue weighted by molar-refractivity contribution is 6.32. The van der Waals surface area contributed by atoms with Gasteiger partial charge in [0.05, 0.1) is 5.02 Å². The zero-order chi connectivity index (χ0) is 16.5. The van der Waals surface area contributed by atoms with Crippen LogP contribution < -0.4 is 18.9 Å². The van der Waals surface area contributed by atoms with Crippen molar-refractivity contribution in [3.63, 3.8) is 0 Å². The van der Waals surface area contributed by atoms with Crippen molar-refractivity contribution in [1.29, 1.82) is 0 Å². The highest BCUT2D eigenvalue weighted by Crippen LogP contribution is 2.40. The van der Waals surface area contributed by atoms with Crippen molar-refractivity contribution in [1.82, 2.24) is 0 Å². The minimum Gasteiger partial charge on any atom is -0.486 e. The fourth-order valence-corrected chi connectivity index (χ4v) is 2.82. The number of allylic oxidation sites excluding steroid dienone is 1. The molecule has 0 spiro atoms. The molecule has 24 heavy (non-hydrogen) atoms. The fourth-order valence-electron chi connectivity index (χ4n) is 2.55. The quantitative estimate of drug-likeness (QED) is 0.627. The molecule has 0 unspecified atom stereocenters. The van der Waals surface area contributed by atoms with E-state index in [-0.39, 0.29) is 12.6 Å². The highest BCUT2D eigenvalue weighted by atomic mass is 35.5. The van der Waals surface area contributed by atoms with Crippen LogP contribution in [0.15, 0.2) is 36.4 Å². The number of benzene rings is 2. The summed E-state index contributed by atoms with van der Waals surface area (Å²) < 4.78 is 21.5. The first-order valence-electron chi connectivity index (χ1n) is 7.42. The van der Waals surface area contributed by atoms with Gasteiger partial charge < -0.3 is 18.9 Å². The molecule has 122 valence electrons. The van der Waals surface area contributed by atoms with Gasteiger partial charge >= 0.3 is 0 Å². The largest absolute Gasteiger partial charge is 0.486 e. The molecule has 0 radical (unpaired) electrons. The third-order valence-corrected chi connectivity index (χ3v) is 3.98. The van der Waals surface area contributed by atoms with E-state index in [2.05, 4.69) is 0 Å². The van der Waals surface area contributed by atoms with Gasteiger partial charge in [0.2, 0.25) is 6.79 Å². The predicted molar refractivity (Wildman–Crippen MR) is 88.4 cm³/mol. The Labute approximate surface area is 143 Å². The van der Waals surface area contributed by atoms with Crippen LogP contribution in [0.1, 0.15) is 15.9 Å². The minimum atomic E-state index is -0.138. The molecule has 0 fully saturated rings. The van der Waals surface area contributed by atoms with Gasteiger partial charge in [0.1, 0.15) is 13.2 Å². The molecule has 2 aromatic carbocycles. The molecule has 0 aromatic heterocycles. The lowest BCUT2D eigenvalue weighted by atomic mass is 10.1. The number of hydrogen-bond donors (Lipinski definition) is 0. The predicted octanol–water partition coefficient (Wildman–Crippen LogP) is 3.74. The van der Waals surface area contributed by atoms with E-state index in [9.17, 15) is 4.79 Å². The molecular weight excluding hydrogens is 332 g/mol. The van der Waals surface area contributed by atoms with Crippen LogP contribution in [0.3, 0.4) is 0 Å². The molecule has 0 bridgehead atoms. The molecule has 2 heterocycles. The van der Waals surface area contributed by atoms with Crippen LogP contribution in [0.4, 0.5) is 0 Å². The van der Waals surface area contributed by atoms with Gasteiger partial charge in [-0.15, -0.1) is 0 Å². The Kier molecular flexibility index (Phi) is 3.78. The number of rotatable bonds is 3. The second-order valence-corrected chi connectivity index (χ2v) is 5.70. The van der Waals surface area contributed by atoms with Crippen molar-refractivity contribution in [2.75, 3.05) is 20.0 Å².